The molecule has 0 bridgehead atoms. The number of nitrogens with zero attached hydrogens (tertiary/aromatic N) is 2. The monoisotopic (exact) mass is 505 g/mol. The molecule has 1 N–H and O–H groups in total. The third-order valence-corrected chi connectivity index (χ3v) is 7.22. The lowest BCUT2D eigenvalue weighted by molar-refractivity contribution is -0.141. The minimum Gasteiger partial charge on any atom is -0.438 e. The smallest absolute Gasteiger partial charge is 0.411 e. The van der Waals surface area contributed by atoms with Crippen LogP contribution in [0.4, 0.5) is 10.5 Å². The number of aryl methyl sites for hydroxylation is 1. The van der Waals surface area contributed by atoms with E-state index in [1.165, 1.54) is 16.2 Å². The maximum atomic E-state index is 13.7. The molecule has 9 heteroatoms. The lowest BCUT2D eigenvalue weighted by Crippen LogP contribution is -2.51. The predicted molar refractivity (Wildman–Crippen MR) is 136 cm³/mol. The molecular formula is C27H27N3O5S. The highest BCUT2D eigenvalue weighted by Gasteiger charge is 2.48. The summed E-state index contributed by atoms with van der Waals surface area (Å²) in [6.45, 7) is 4.10. The van der Waals surface area contributed by atoms with Gasteiger partial charge in [-0.25, -0.2) is 4.79 Å². The van der Waals surface area contributed by atoms with Gasteiger partial charge in [0.05, 0.1) is 24.6 Å². The molecule has 0 aliphatic carbocycles. The zero-order valence-electron chi connectivity index (χ0n) is 19.9. The summed E-state index contributed by atoms with van der Waals surface area (Å²) < 4.78 is 11.2. The van der Waals surface area contributed by atoms with E-state index < -0.39 is 18.2 Å². The standard InChI is InChI=1S/C27H27N3O5S/c1-18-7-9-19(10-8-18)17-30-23(26(32)29-11-13-34-14-12-29)24(35-27(30)33)20-4-2-5-21(16-20)28-25(31)22-6-3-15-36-22/h2-10,15-16,23-24H,11-14,17H2,1H3,(H,28,31). The second kappa shape index (κ2) is 10.5. The first-order valence-electron chi connectivity index (χ1n) is 11.8. The Kier molecular flexibility index (Phi) is 7.02. The van der Waals surface area contributed by atoms with E-state index in [1.54, 1.807) is 29.2 Å². The van der Waals surface area contributed by atoms with Gasteiger partial charge in [0.15, 0.2) is 12.1 Å². The lowest BCUT2D eigenvalue weighted by Gasteiger charge is -2.33. The van der Waals surface area contributed by atoms with Gasteiger partial charge < -0.3 is 19.7 Å². The van der Waals surface area contributed by atoms with Gasteiger partial charge in [-0.05, 0) is 41.6 Å². The molecule has 3 aromatic rings. The largest absolute Gasteiger partial charge is 0.438 e. The van der Waals surface area contributed by atoms with Crippen molar-refractivity contribution >= 4 is 34.9 Å². The number of rotatable bonds is 6. The number of hydrogen-bond acceptors (Lipinski definition) is 6. The Morgan fingerprint density at radius 3 is 2.56 bits per heavy atom. The molecule has 2 atom stereocenters. The van der Waals surface area contributed by atoms with E-state index in [-0.39, 0.29) is 18.4 Å². The maximum Gasteiger partial charge on any atom is 0.411 e. The molecule has 5 rings (SSSR count). The Morgan fingerprint density at radius 1 is 1.06 bits per heavy atom. The maximum absolute atomic E-state index is 13.7. The van der Waals surface area contributed by atoms with Crippen LogP contribution in [0.1, 0.15) is 32.5 Å². The van der Waals surface area contributed by atoms with Crippen molar-refractivity contribution in [2.24, 2.45) is 0 Å². The van der Waals surface area contributed by atoms with Crippen molar-refractivity contribution in [3.05, 3.63) is 87.6 Å². The Balaban J connectivity index is 1.43. The Morgan fingerprint density at radius 2 is 1.83 bits per heavy atom. The fraction of sp³-hybridized carbons (Fsp3) is 0.296. The summed E-state index contributed by atoms with van der Waals surface area (Å²) in [6.07, 6.45) is -1.35. The van der Waals surface area contributed by atoms with Crippen LogP contribution in [-0.4, -0.2) is 60.1 Å². The summed E-state index contributed by atoms with van der Waals surface area (Å²) in [4.78, 5) is 43.2. The Labute approximate surface area is 213 Å². The second-order valence-corrected chi connectivity index (χ2v) is 9.80. The molecule has 3 amide bonds. The molecule has 2 saturated heterocycles. The molecule has 1 aromatic heterocycles. The van der Waals surface area contributed by atoms with Crippen molar-refractivity contribution in [3.8, 4) is 0 Å². The number of anilines is 1. The quantitative estimate of drug-likeness (QED) is 0.542. The second-order valence-electron chi connectivity index (χ2n) is 8.86. The molecule has 2 aromatic carbocycles. The minimum absolute atomic E-state index is 0.172. The molecule has 0 spiro atoms. The first-order valence-corrected chi connectivity index (χ1v) is 12.7. The summed E-state index contributed by atoms with van der Waals surface area (Å²) in [5.41, 5.74) is 3.24. The number of hydrogen-bond donors (Lipinski definition) is 1. The van der Waals surface area contributed by atoms with Gasteiger partial charge in [0.25, 0.3) is 5.91 Å². The molecule has 3 heterocycles. The van der Waals surface area contributed by atoms with Crippen LogP contribution in [0.3, 0.4) is 0 Å². The van der Waals surface area contributed by atoms with Crippen LogP contribution < -0.4 is 5.32 Å². The van der Waals surface area contributed by atoms with Gasteiger partial charge in [-0.1, -0.05) is 48.0 Å². The SMILES string of the molecule is Cc1ccc(CN2C(=O)OC(c3cccc(NC(=O)c4cccs4)c3)C2C(=O)N2CCOCC2)cc1. The summed E-state index contributed by atoms with van der Waals surface area (Å²) in [7, 11) is 0. The van der Waals surface area contributed by atoms with Crippen molar-refractivity contribution in [2.45, 2.75) is 25.6 Å². The van der Waals surface area contributed by atoms with Gasteiger partial charge in [-0.15, -0.1) is 11.3 Å². The van der Waals surface area contributed by atoms with E-state index in [9.17, 15) is 14.4 Å². The molecule has 186 valence electrons. The first kappa shape index (κ1) is 24.0. The van der Waals surface area contributed by atoms with Crippen molar-refractivity contribution in [1.29, 1.82) is 0 Å². The van der Waals surface area contributed by atoms with Crippen LogP contribution >= 0.6 is 11.3 Å². The number of morpholine rings is 1. The van der Waals surface area contributed by atoms with Crippen molar-refractivity contribution in [2.75, 3.05) is 31.6 Å². The van der Waals surface area contributed by atoms with Gasteiger partial charge in [0.1, 0.15) is 0 Å². The van der Waals surface area contributed by atoms with Crippen LogP contribution in [0.15, 0.2) is 66.0 Å². The molecule has 0 radical (unpaired) electrons. The summed E-state index contributed by atoms with van der Waals surface area (Å²) in [5, 5.41) is 4.73. The Bertz CT molecular complexity index is 1240. The average molecular weight is 506 g/mol. The van der Waals surface area contributed by atoms with Crippen molar-refractivity contribution in [1.82, 2.24) is 9.80 Å². The first-order chi connectivity index (χ1) is 17.5. The van der Waals surface area contributed by atoms with E-state index in [1.807, 2.05) is 48.7 Å². The third-order valence-electron chi connectivity index (χ3n) is 6.35. The molecule has 8 nitrogen and oxygen atoms in total. The number of amides is 3. The third kappa shape index (κ3) is 5.12. The van der Waals surface area contributed by atoms with Crippen LogP contribution in [0.2, 0.25) is 0 Å². The number of thiophene rings is 1. The van der Waals surface area contributed by atoms with Crippen LogP contribution in [-0.2, 0) is 20.8 Å². The molecular weight excluding hydrogens is 478 g/mol. The lowest BCUT2D eigenvalue weighted by atomic mass is 9.99. The summed E-state index contributed by atoms with van der Waals surface area (Å²) in [6, 6.07) is 17.7. The van der Waals surface area contributed by atoms with Crippen LogP contribution in [0, 0.1) is 6.92 Å². The van der Waals surface area contributed by atoms with Gasteiger partial charge in [-0.3, -0.25) is 14.5 Å². The zero-order chi connectivity index (χ0) is 25.1. The summed E-state index contributed by atoms with van der Waals surface area (Å²) >= 11 is 1.35. The van der Waals surface area contributed by atoms with Gasteiger partial charge in [0, 0.05) is 18.8 Å². The minimum atomic E-state index is -0.833. The van der Waals surface area contributed by atoms with Crippen molar-refractivity contribution < 1.29 is 23.9 Å². The fourth-order valence-corrected chi connectivity index (χ4v) is 5.07. The molecule has 2 aliphatic heterocycles. The number of benzene rings is 2. The van der Waals surface area contributed by atoms with E-state index >= 15 is 0 Å². The average Bonchev–Trinajstić information content (AvgIpc) is 3.55. The van der Waals surface area contributed by atoms with Crippen molar-refractivity contribution in [3.63, 3.8) is 0 Å². The fourth-order valence-electron chi connectivity index (χ4n) is 4.45. The zero-order valence-corrected chi connectivity index (χ0v) is 20.7. The van der Waals surface area contributed by atoms with Crippen LogP contribution in [0.5, 0.6) is 0 Å². The predicted octanol–water partition coefficient (Wildman–Crippen LogP) is 4.23. The number of nitrogens with one attached hydrogen (secondary N) is 1. The van der Waals surface area contributed by atoms with E-state index in [0.717, 1.165) is 11.1 Å². The molecule has 2 fully saturated rings. The number of ether oxygens (including phenoxy) is 2. The molecule has 36 heavy (non-hydrogen) atoms. The molecule has 2 unspecified atom stereocenters. The topological polar surface area (TPSA) is 88.2 Å². The van der Waals surface area contributed by atoms with Gasteiger partial charge >= 0.3 is 6.09 Å². The van der Waals surface area contributed by atoms with Gasteiger partial charge in [-0.2, -0.15) is 0 Å². The van der Waals surface area contributed by atoms with E-state index in [4.69, 9.17) is 9.47 Å². The highest BCUT2D eigenvalue weighted by Crippen LogP contribution is 2.36. The van der Waals surface area contributed by atoms with Crippen LogP contribution in [0.25, 0.3) is 0 Å². The van der Waals surface area contributed by atoms with E-state index in [2.05, 4.69) is 5.32 Å². The van der Waals surface area contributed by atoms with E-state index in [0.29, 0.717) is 42.4 Å². The Hall–Kier alpha value is -3.69. The normalized spacial score (nSPS) is 19.8. The number of carbonyl (C=O) groups is 3. The number of carbonyl (C=O) groups excluding carboxylic acids is 3. The molecule has 2 aliphatic rings. The molecule has 0 saturated carbocycles. The summed E-state index contributed by atoms with van der Waals surface area (Å²) in [5.74, 6) is -0.387. The highest BCUT2D eigenvalue weighted by molar-refractivity contribution is 7.12. The van der Waals surface area contributed by atoms with Gasteiger partial charge in [0.2, 0.25) is 5.91 Å². The highest BCUT2D eigenvalue weighted by atomic mass is 32.1. The number of cyclic esters (lactones) is 1.